The number of ether oxygens (including phenoxy) is 2. The van der Waals surface area contributed by atoms with E-state index in [1.165, 1.54) is 39.2 Å². The maximum absolute atomic E-state index is 11.8. The Balaban J connectivity index is 0. The summed E-state index contributed by atoms with van der Waals surface area (Å²) < 4.78 is 10.8. The monoisotopic (exact) mass is 954 g/mol. The van der Waals surface area contributed by atoms with E-state index >= 15 is 0 Å². The molecule has 0 aromatic carbocycles. The number of hydrogen-bond acceptors (Lipinski definition) is 9. The van der Waals surface area contributed by atoms with Crippen LogP contribution < -0.4 is 5.32 Å². The quantitative estimate of drug-likeness (QED) is 0.0215. The van der Waals surface area contributed by atoms with E-state index in [2.05, 4.69) is 57.3 Å². The summed E-state index contributed by atoms with van der Waals surface area (Å²) in [7, 11) is 1.45. The fraction of sp³-hybridized carbons (Fsp3) is 0.914. The minimum absolute atomic E-state index is 0.0321. The van der Waals surface area contributed by atoms with Gasteiger partial charge in [-0.3, -0.25) is 10.1 Å². The molecule has 0 aromatic heterocycles. The molecule has 67 heavy (non-hydrogen) atoms. The van der Waals surface area contributed by atoms with E-state index in [0.29, 0.717) is 60.7 Å². The molecule has 0 spiro atoms. The van der Waals surface area contributed by atoms with Crippen LogP contribution in [0.2, 0.25) is 0 Å². The molecule has 0 amide bonds. The maximum atomic E-state index is 11.8. The highest BCUT2D eigenvalue weighted by Crippen LogP contribution is 2.59. The van der Waals surface area contributed by atoms with Gasteiger partial charge in [-0.25, -0.2) is 0 Å². The number of unbranched alkanes of at least 4 members (excludes halogenated alkanes) is 3. The minimum atomic E-state index is -1.06. The lowest BCUT2D eigenvalue weighted by Gasteiger charge is -2.38. The lowest BCUT2D eigenvalue weighted by molar-refractivity contribution is -0.126. The number of nitrogens with one attached hydrogen (secondary N) is 1. The number of hydrogen-bond donors (Lipinski definition) is 6. The van der Waals surface area contributed by atoms with Crippen molar-refractivity contribution in [3.63, 3.8) is 0 Å². The molecule has 2 saturated carbocycles. The van der Waals surface area contributed by atoms with E-state index in [-0.39, 0.29) is 30.0 Å². The normalized spacial score (nSPS) is 26.1. The van der Waals surface area contributed by atoms with Gasteiger partial charge >= 0.3 is 0 Å². The summed E-state index contributed by atoms with van der Waals surface area (Å²) in [6, 6.07) is 0. The van der Waals surface area contributed by atoms with Gasteiger partial charge in [0.25, 0.3) is 0 Å². The van der Waals surface area contributed by atoms with Crippen molar-refractivity contribution in [2.75, 3.05) is 13.7 Å². The van der Waals surface area contributed by atoms with Crippen LogP contribution in [0.5, 0.6) is 0 Å². The predicted molar refractivity (Wildman–Crippen MR) is 285 cm³/mol. The van der Waals surface area contributed by atoms with Crippen LogP contribution in [0.1, 0.15) is 238 Å². The average Bonchev–Trinajstić information content (AvgIpc) is 3.89. The Morgan fingerprint density at radius 2 is 1.40 bits per heavy atom. The molecular weight excluding hydrogens is 839 g/mol. The average molecular weight is 955 g/mol. The summed E-state index contributed by atoms with van der Waals surface area (Å²) in [5, 5.41) is 56.0. The first-order valence-electron chi connectivity index (χ1n) is 28.4. The highest BCUT2D eigenvalue weighted by atomic mass is 16.6. The van der Waals surface area contributed by atoms with Gasteiger partial charge in [-0.1, -0.05) is 179 Å². The molecular formula is C58H115NO8. The van der Waals surface area contributed by atoms with Crippen LogP contribution in [-0.4, -0.2) is 81.6 Å². The van der Waals surface area contributed by atoms with Gasteiger partial charge in [-0.2, -0.15) is 0 Å². The second-order valence-corrected chi connectivity index (χ2v) is 19.8. The Morgan fingerprint density at radius 1 is 0.776 bits per heavy atom. The molecule has 0 bridgehead atoms. The standard InChI is InChI=1S/C50H91NO8.4C2H6/c1-8-50(57,44(54)26-15-12-18-33-51-49(56)58-7)38(5)30-29-36(3)28-27-35(2)20-13-10-9-11-14-21-37(4)45-46-43(47(46)59-48(45)55)32-31-42(53)25-17-16-22-40-23-19-24-41(34-40)39(6)52;4*1-2/h9-11,13,35-38,40-49,51,53-57H,8,12,14-34H2,1-7H3;4*1-2H3/b11-9+,13-10+;;;;. The largest absolute Gasteiger partial charge is 0.393 e. The van der Waals surface area contributed by atoms with Crippen molar-refractivity contribution in [2.24, 2.45) is 53.3 Å². The van der Waals surface area contributed by atoms with Crippen LogP contribution >= 0.6 is 0 Å². The predicted octanol–water partition coefficient (Wildman–Crippen LogP) is 13.7. The van der Waals surface area contributed by atoms with E-state index in [9.17, 15) is 30.3 Å². The molecule has 6 N–H and O–H groups in total. The molecule has 9 nitrogen and oxygen atoms in total. The Morgan fingerprint density at radius 3 is 2.04 bits per heavy atom. The maximum Gasteiger partial charge on any atom is 0.213 e. The number of fused-ring (bicyclic) bond motifs is 1. The Bertz CT molecular complexity index is 1200. The summed E-state index contributed by atoms with van der Waals surface area (Å²) in [5.74, 6) is 4.01. The first-order chi connectivity index (χ1) is 32.2. The first-order valence-corrected chi connectivity index (χ1v) is 28.4. The Kier molecular flexibility index (Phi) is 42.0. The molecule has 0 aromatic rings. The summed E-state index contributed by atoms with van der Waals surface area (Å²) in [5.41, 5.74) is -1.06. The number of rotatable bonds is 33. The lowest BCUT2D eigenvalue weighted by Crippen LogP contribution is -2.47. The number of aliphatic hydroxyl groups is 5. The number of ketones is 1. The second kappa shape index (κ2) is 41.4. The van der Waals surface area contributed by atoms with Crippen molar-refractivity contribution in [1.29, 1.82) is 0 Å². The Hall–Kier alpha value is -1.17. The van der Waals surface area contributed by atoms with Crippen LogP contribution in [0.4, 0.5) is 0 Å². The summed E-state index contributed by atoms with van der Waals surface area (Å²) in [4.78, 5) is 11.8. The number of aliphatic hydroxyl groups excluding tert-OH is 4. The van der Waals surface area contributed by atoms with Gasteiger partial charge in [0.05, 0.1) is 23.9 Å². The van der Waals surface area contributed by atoms with Gasteiger partial charge < -0.3 is 35.0 Å². The second-order valence-electron chi connectivity index (χ2n) is 19.8. The van der Waals surface area contributed by atoms with Crippen LogP contribution in [0.25, 0.3) is 0 Å². The molecule has 0 radical (unpaired) electrons. The molecule has 3 fully saturated rings. The van der Waals surface area contributed by atoms with Crippen LogP contribution in [0.3, 0.4) is 0 Å². The number of carbonyl (C=O) groups is 1. The number of methoxy groups -OCH3 is 1. The minimum Gasteiger partial charge on any atom is -0.393 e. The third kappa shape index (κ3) is 27.3. The van der Waals surface area contributed by atoms with Crippen molar-refractivity contribution >= 4 is 5.78 Å². The van der Waals surface area contributed by atoms with Crippen LogP contribution in [0, 0.1) is 53.3 Å². The molecule has 15 atom stereocenters. The van der Waals surface area contributed by atoms with Gasteiger partial charge in [-0.15, -0.1) is 0 Å². The molecule has 3 rings (SSSR count). The number of Topliss-reactive ketones (excluding diaryl/α,β-unsaturated/α-hetero) is 1. The van der Waals surface area contributed by atoms with E-state index in [1.807, 2.05) is 62.3 Å². The topological polar surface area (TPSA) is 149 Å². The fourth-order valence-corrected chi connectivity index (χ4v) is 10.6. The molecule has 400 valence electrons. The Labute approximate surface area is 415 Å². The van der Waals surface area contributed by atoms with Crippen molar-refractivity contribution in [1.82, 2.24) is 5.32 Å². The molecule has 9 heteroatoms. The van der Waals surface area contributed by atoms with Gasteiger partial charge in [-0.05, 0) is 132 Å². The molecule has 1 saturated heterocycles. The number of carbonyl (C=O) groups excluding carboxylic acids is 1. The third-order valence-corrected chi connectivity index (χ3v) is 15.1. The van der Waals surface area contributed by atoms with Crippen LogP contribution in [0.15, 0.2) is 24.3 Å². The van der Waals surface area contributed by atoms with Gasteiger partial charge in [0.1, 0.15) is 5.78 Å². The fourth-order valence-electron chi connectivity index (χ4n) is 10.6. The molecule has 1 aliphatic heterocycles. The molecule has 1 heterocycles. The summed E-state index contributed by atoms with van der Waals surface area (Å²) >= 11 is 0. The summed E-state index contributed by atoms with van der Waals surface area (Å²) in [6.45, 7) is 29.4. The van der Waals surface area contributed by atoms with Gasteiger partial charge in [0.15, 0.2) is 6.29 Å². The molecule has 15 unspecified atom stereocenters. The number of allylic oxidation sites excluding steroid dienone is 4. The molecule has 2 aliphatic carbocycles. The first kappa shape index (κ1) is 67.9. The van der Waals surface area contributed by atoms with Crippen LogP contribution in [-0.2, 0) is 14.3 Å². The smallest absolute Gasteiger partial charge is 0.213 e. The lowest BCUT2D eigenvalue weighted by atomic mass is 9.76. The van der Waals surface area contributed by atoms with E-state index in [0.717, 1.165) is 96.3 Å². The van der Waals surface area contributed by atoms with E-state index < -0.39 is 24.4 Å². The summed E-state index contributed by atoms with van der Waals surface area (Å²) in [6.07, 6.45) is 28.2. The zero-order chi connectivity index (χ0) is 51.4. The van der Waals surface area contributed by atoms with Gasteiger partial charge in [0.2, 0.25) is 6.41 Å². The van der Waals surface area contributed by atoms with Crippen molar-refractivity contribution in [3.05, 3.63) is 24.3 Å². The highest BCUT2D eigenvalue weighted by Gasteiger charge is 2.63. The van der Waals surface area contributed by atoms with Crippen molar-refractivity contribution < 1.29 is 39.8 Å². The third-order valence-electron chi connectivity index (χ3n) is 15.1. The zero-order valence-corrected chi connectivity index (χ0v) is 46.6. The van der Waals surface area contributed by atoms with E-state index in [1.54, 1.807) is 6.92 Å². The van der Waals surface area contributed by atoms with Crippen molar-refractivity contribution in [3.8, 4) is 0 Å². The SMILES string of the molecule is CC.CC.CC.CC.CCC(O)(C(C)CCC(C)CCC(C)C/C=C/C=C/CCC(C)C1C(O)OC2C(CCC(O)CCCCC3CCCC(C(C)=O)C3)C21)C(O)CCCCCNC(O)OC. The molecule has 3 aliphatic rings. The highest BCUT2D eigenvalue weighted by molar-refractivity contribution is 5.78. The van der Waals surface area contributed by atoms with Crippen molar-refractivity contribution in [2.45, 2.75) is 275 Å². The van der Waals surface area contributed by atoms with E-state index in [4.69, 9.17) is 9.47 Å². The zero-order valence-electron chi connectivity index (χ0n) is 46.6. The van der Waals surface area contributed by atoms with Gasteiger partial charge in [0, 0.05) is 18.9 Å².